The summed E-state index contributed by atoms with van der Waals surface area (Å²) in [6.45, 7) is 3.70. The van der Waals surface area contributed by atoms with Gasteiger partial charge in [0.05, 0.1) is 12.7 Å². The Kier molecular flexibility index (Phi) is 3.12. The van der Waals surface area contributed by atoms with E-state index in [2.05, 4.69) is 25.4 Å². The molecule has 0 spiro atoms. The fourth-order valence-corrected chi connectivity index (χ4v) is 3.13. The summed E-state index contributed by atoms with van der Waals surface area (Å²) in [5.74, 6) is 0.702. The summed E-state index contributed by atoms with van der Waals surface area (Å²) in [6.07, 6.45) is 4.19. The lowest BCUT2D eigenvalue weighted by Gasteiger charge is -2.35. The van der Waals surface area contributed by atoms with Crippen molar-refractivity contribution in [3.63, 3.8) is 0 Å². The number of rotatable bonds is 3. The van der Waals surface area contributed by atoms with Crippen LogP contribution in [-0.2, 0) is 4.74 Å². The molecule has 8 nitrogen and oxygen atoms in total. The molecule has 2 aromatic rings. The molecule has 2 fully saturated rings. The van der Waals surface area contributed by atoms with E-state index in [0.29, 0.717) is 24.1 Å². The molecular weight excluding hydrogens is 272 g/mol. The number of ether oxygens (including phenoxy) is 1. The molecule has 4 rings (SSSR count). The molecule has 2 N–H and O–H groups in total. The molecule has 2 unspecified atom stereocenters. The van der Waals surface area contributed by atoms with Crippen molar-refractivity contribution in [1.82, 2.24) is 24.5 Å². The number of H-pyrrole nitrogens is 1. The number of nitrogens with zero attached hydrogens (tertiary/aromatic N) is 4. The maximum absolute atomic E-state index is 11.4. The molecule has 2 atom stereocenters. The van der Waals surface area contributed by atoms with Crippen molar-refractivity contribution in [3.8, 4) is 0 Å². The van der Waals surface area contributed by atoms with E-state index < -0.39 is 0 Å². The van der Waals surface area contributed by atoms with Gasteiger partial charge in [0.1, 0.15) is 12.1 Å². The third-order valence-electron chi connectivity index (χ3n) is 4.28. The number of hydrogen-bond donors (Lipinski definition) is 2. The van der Waals surface area contributed by atoms with Crippen LogP contribution in [0, 0.1) is 0 Å². The first kappa shape index (κ1) is 12.8. The van der Waals surface area contributed by atoms with E-state index in [1.165, 1.54) is 30.1 Å². The highest BCUT2D eigenvalue weighted by Crippen LogP contribution is 2.22. The Labute approximate surface area is 121 Å². The fraction of sp³-hybridized carbons (Fsp3) is 0.615. The largest absolute Gasteiger partial charge is 0.373 e. The highest BCUT2D eigenvalue weighted by Gasteiger charge is 2.31. The minimum atomic E-state index is -0.278. The minimum Gasteiger partial charge on any atom is -0.373 e. The van der Waals surface area contributed by atoms with Crippen LogP contribution in [0.25, 0.3) is 5.65 Å². The average molecular weight is 290 g/mol. The number of nitrogens with one attached hydrogen (secondary N) is 2. The third kappa shape index (κ3) is 2.40. The van der Waals surface area contributed by atoms with E-state index >= 15 is 0 Å². The number of anilines is 1. The Morgan fingerprint density at radius 2 is 2.48 bits per heavy atom. The van der Waals surface area contributed by atoms with Gasteiger partial charge in [-0.1, -0.05) is 0 Å². The van der Waals surface area contributed by atoms with Crippen molar-refractivity contribution in [2.24, 2.45) is 0 Å². The van der Waals surface area contributed by atoms with E-state index in [4.69, 9.17) is 4.74 Å². The average Bonchev–Trinajstić information content (AvgIpc) is 3.11. The van der Waals surface area contributed by atoms with Crippen LogP contribution in [0.2, 0.25) is 0 Å². The van der Waals surface area contributed by atoms with Crippen LogP contribution in [0.4, 0.5) is 5.82 Å². The SMILES string of the molecule is O=c1[nH]nc2cc(NCC3CN4CCCC4CO3)ncn12. The van der Waals surface area contributed by atoms with Crippen molar-refractivity contribution in [1.29, 1.82) is 0 Å². The first-order chi connectivity index (χ1) is 10.3. The minimum absolute atomic E-state index is 0.179. The van der Waals surface area contributed by atoms with Crippen LogP contribution in [0.1, 0.15) is 12.8 Å². The standard InChI is InChI=1S/C13H18N6O2/c20-13-17-16-12-4-11(15-8-19(12)13)14-5-10-6-18-3-1-2-9(18)7-21-10/h4,8-10,14H,1-3,5-7H2,(H,17,20). The number of aromatic nitrogens is 4. The zero-order valence-corrected chi connectivity index (χ0v) is 11.7. The first-order valence-corrected chi connectivity index (χ1v) is 7.32. The summed E-state index contributed by atoms with van der Waals surface area (Å²) in [4.78, 5) is 18.1. The van der Waals surface area contributed by atoms with Gasteiger partial charge in [-0.15, -0.1) is 0 Å². The molecule has 0 saturated carbocycles. The van der Waals surface area contributed by atoms with E-state index in [1.54, 1.807) is 6.07 Å². The molecule has 0 aromatic carbocycles. The molecule has 0 bridgehead atoms. The summed E-state index contributed by atoms with van der Waals surface area (Å²) in [7, 11) is 0. The molecule has 8 heteroatoms. The molecular formula is C13H18N6O2. The molecule has 2 saturated heterocycles. The Morgan fingerprint density at radius 3 is 3.43 bits per heavy atom. The van der Waals surface area contributed by atoms with E-state index in [0.717, 1.165) is 13.2 Å². The van der Waals surface area contributed by atoms with Gasteiger partial charge in [0, 0.05) is 25.2 Å². The zero-order valence-electron chi connectivity index (χ0n) is 11.7. The van der Waals surface area contributed by atoms with Gasteiger partial charge in [0.2, 0.25) is 0 Å². The number of hydrogen-bond acceptors (Lipinski definition) is 6. The van der Waals surface area contributed by atoms with Crippen LogP contribution >= 0.6 is 0 Å². The summed E-state index contributed by atoms with van der Waals surface area (Å²) < 4.78 is 7.27. The van der Waals surface area contributed by atoms with Crippen LogP contribution in [0.3, 0.4) is 0 Å². The highest BCUT2D eigenvalue weighted by atomic mass is 16.5. The van der Waals surface area contributed by atoms with Crippen LogP contribution < -0.4 is 11.0 Å². The van der Waals surface area contributed by atoms with Crippen LogP contribution in [-0.4, -0.2) is 62.9 Å². The topological polar surface area (TPSA) is 87.5 Å². The van der Waals surface area contributed by atoms with Crippen LogP contribution in [0.5, 0.6) is 0 Å². The number of fused-ring (bicyclic) bond motifs is 2. The van der Waals surface area contributed by atoms with Crippen molar-refractivity contribution in [2.45, 2.75) is 25.0 Å². The second-order valence-corrected chi connectivity index (χ2v) is 5.66. The van der Waals surface area contributed by atoms with E-state index in [9.17, 15) is 4.79 Å². The van der Waals surface area contributed by atoms with Crippen molar-refractivity contribution >= 4 is 11.5 Å². The lowest BCUT2D eigenvalue weighted by Crippen LogP contribution is -2.48. The molecule has 0 aliphatic carbocycles. The zero-order chi connectivity index (χ0) is 14.2. The lowest BCUT2D eigenvalue weighted by molar-refractivity contribution is -0.0416. The Hall–Kier alpha value is -1.93. The Morgan fingerprint density at radius 1 is 1.52 bits per heavy atom. The summed E-state index contributed by atoms with van der Waals surface area (Å²) in [5.41, 5.74) is 0.279. The molecule has 4 heterocycles. The maximum atomic E-state index is 11.4. The van der Waals surface area contributed by atoms with E-state index in [1.807, 2.05) is 0 Å². The van der Waals surface area contributed by atoms with Gasteiger partial charge < -0.3 is 10.1 Å². The van der Waals surface area contributed by atoms with E-state index in [-0.39, 0.29) is 11.8 Å². The summed E-state index contributed by atoms with van der Waals surface area (Å²) in [6, 6.07) is 2.37. The van der Waals surface area contributed by atoms with Gasteiger partial charge in [0.15, 0.2) is 5.65 Å². The third-order valence-corrected chi connectivity index (χ3v) is 4.28. The lowest BCUT2D eigenvalue weighted by atomic mass is 10.2. The summed E-state index contributed by atoms with van der Waals surface area (Å²) >= 11 is 0. The second kappa shape index (κ2) is 5.12. The van der Waals surface area contributed by atoms with Crippen molar-refractivity contribution in [2.75, 3.05) is 31.6 Å². The smallest absolute Gasteiger partial charge is 0.348 e. The molecule has 0 amide bonds. The maximum Gasteiger partial charge on any atom is 0.348 e. The Bertz CT molecular complexity index is 695. The highest BCUT2D eigenvalue weighted by molar-refractivity contribution is 5.48. The van der Waals surface area contributed by atoms with Crippen molar-refractivity contribution in [3.05, 3.63) is 22.9 Å². The molecule has 2 aliphatic rings. The molecule has 21 heavy (non-hydrogen) atoms. The molecule has 112 valence electrons. The monoisotopic (exact) mass is 290 g/mol. The van der Waals surface area contributed by atoms with Crippen LogP contribution in [0.15, 0.2) is 17.2 Å². The van der Waals surface area contributed by atoms with Gasteiger partial charge in [-0.05, 0) is 19.4 Å². The molecule has 0 radical (unpaired) electrons. The second-order valence-electron chi connectivity index (χ2n) is 5.66. The fourth-order valence-electron chi connectivity index (χ4n) is 3.13. The van der Waals surface area contributed by atoms with Crippen molar-refractivity contribution < 1.29 is 4.74 Å². The number of morpholine rings is 1. The molecule has 2 aromatic heterocycles. The quantitative estimate of drug-likeness (QED) is 0.806. The normalized spacial score (nSPS) is 26.1. The number of aromatic amines is 1. The van der Waals surface area contributed by atoms with Gasteiger partial charge in [0.25, 0.3) is 0 Å². The predicted molar refractivity (Wildman–Crippen MR) is 76.4 cm³/mol. The van der Waals surface area contributed by atoms with Gasteiger partial charge in [-0.3, -0.25) is 4.90 Å². The molecule has 2 aliphatic heterocycles. The van der Waals surface area contributed by atoms with Gasteiger partial charge in [-0.2, -0.15) is 5.10 Å². The van der Waals surface area contributed by atoms with Gasteiger partial charge in [-0.25, -0.2) is 19.3 Å². The summed E-state index contributed by atoms with van der Waals surface area (Å²) in [5, 5.41) is 9.58. The Balaban J connectivity index is 1.40. The van der Waals surface area contributed by atoms with Gasteiger partial charge >= 0.3 is 5.69 Å². The predicted octanol–water partition coefficient (Wildman–Crippen LogP) is -0.307. The first-order valence-electron chi connectivity index (χ1n) is 7.32.